The summed E-state index contributed by atoms with van der Waals surface area (Å²) in [6.07, 6.45) is 8.05. The minimum atomic E-state index is -0.476. The molecular formula is C25H26N4O2. The van der Waals surface area contributed by atoms with E-state index in [1.165, 1.54) is 5.56 Å². The minimum absolute atomic E-state index is 0.0608. The predicted octanol–water partition coefficient (Wildman–Crippen LogP) is 3.88. The zero-order valence-electron chi connectivity index (χ0n) is 17.8. The van der Waals surface area contributed by atoms with E-state index in [0.29, 0.717) is 5.39 Å². The van der Waals surface area contributed by atoms with E-state index in [1.54, 1.807) is 17.1 Å². The second-order valence-corrected chi connectivity index (χ2v) is 8.50. The molecule has 0 radical (unpaired) electrons. The molecule has 2 atom stereocenters. The molecule has 1 aliphatic rings. The number of aliphatic hydroxyl groups is 1. The third-order valence-electron chi connectivity index (χ3n) is 6.65. The van der Waals surface area contributed by atoms with Crippen molar-refractivity contribution in [3.8, 4) is 5.69 Å². The van der Waals surface area contributed by atoms with Gasteiger partial charge in [-0.25, -0.2) is 9.67 Å². The van der Waals surface area contributed by atoms with Gasteiger partial charge < -0.3 is 5.11 Å². The number of aryl methyl sites for hydroxylation is 1. The summed E-state index contributed by atoms with van der Waals surface area (Å²) < 4.78 is 3.47. The third kappa shape index (κ3) is 3.47. The molecule has 0 bridgehead atoms. The molecule has 0 spiro atoms. The van der Waals surface area contributed by atoms with Gasteiger partial charge in [-0.2, -0.15) is 5.10 Å². The Balaban J connectivity index is 1.53. The van der Waals surface area contributed by atoms with Crippen LogP contribution in [0.5, 0.6) is 0 Å². The zero-order chi connectivity index (χ0) is 21.5. The first-order valence-electron chi connectivity index (χ1n) is 10.8. The van der Waals surface area contributed by atoms with Crippen LogP contribution in [-0.2, 0) is 6.42 Å². The van der Waals surface area contributed by atoms with Crippen molar-refractivity contribution in [1.82, 2.24) is 19.3 Å². The fourth-order valence-corrected chi connectivity index (χ4v) is 4.69. The Morgan fingerprint density at radius 3 is 2.61 bits per heavy atom. The monoisotopic (exact) mass is 414 g/mol. The van der Waals surface area contributed by atoms with Gasteiger partial charge in [0.25, 0.3) is 5.56 Å². The Kier molecular flexibility index (Phi) is 4.94. The van der Waals surface area contributed by atoms with Gasteiger partial charge in [-0.15, -0.1) is 0 Å². The summed E-state index contributed by atoms with van der Waals surface area (Å²) in [5, 5.41) is 15.2. The van der Waals surface area contributed by atoms with Crippen LogP contribution in [0.3, 0.4) is 0 Å². The first kappa shape index (κ1) is 19.7. The molecule has 1 aliphatic carbocycles. The number of aromatic nitrogens is 4. The number of hydrogen-bond acceptors (Lipinski definition) is 4. The van der Waals surface area contributed by atoms with Crippen molar-refractivity contribution < 1.29 is 5.11 Å². The van der Waals surface area contributed by atoms with Crippen LogP contribution in [0, 0.1) is 13.8 Å². The molecule has 2 aromatic carbocycles. The molecule has 0 aliphatic heterocycles. The first-order valence-corrected chi connectivity index (χ1v) is 10.8. The van der Waals surface area contributed by atoms with Crippen molar-refractivity contribution in [2.45, 2.75) is 51.7 Å². The highest BCUT2D eigenvalue weighted by Crippen LogP contribution is 2.30. The van der Waals surface area contributed by atoms with Crippen LogP contribution in [0.15, 0.2) is 59.9 Å². The van der Waals surface area contributed by atoms with Gasteiger partial charge in [0.15, 0.2) is 0 Å². The quantitative estimate of drug-likeness (QED) is 0.550. The van der Waals surface area contributed by atoms with Crippen molar-refractivity contribution in [1.29, 1.82) is 0 Å². The van der Waals surface area contributed by atoms with E-state index < -0.39 is 6.10 Å². The van der Waals surface area contributed by atoms with Crippen LogP contribution in [0.4, 0.5) is 0 Å². The average molecular weight is 415 g/mol. The lowest BCUT2D eigenvalue weighted by Crippen LogP contribution is -2.29. The van der Waals surface area contributed by atoms with Gasteiger partial charge in [-0.3, -0.25) is 9.36 Å². The Bertz CT molecular complexity index is 1290. The second kappa shape index (κ2) is 7.78. The van der Waals surface area contributed by atoms with Gasteiger partial charge in [0.1, 0.15) is 0 Å². The molecule has 31 heavy (non-hydrogen) atoms. The van der Waals surface area contributed by atoms with Gasteiger partial charge in [0.05, 0.1) is 35.1 Å². The van der Waals surface area contributed by atoms with E-state index >= 15 is 0 Å². The van der Waals surface area contributed by atoms with E-state index in [-0.39, 0.29) is 11.6 Å². The summed E-state index contributed by atoms with van der Waals surface area (Å²) in [6, 6.07) is 12.0. The van der Waals surface area contributed by atoms with Crippen LogP contribution >= 0.6 is 0 Å². The summed E-state index contributed by atoms with van der Waals surface area (Å²) in [7, 11) is 0. The van der Waals surface area contributed by atoms with Gasteiger partial charge in [0, 0.05) is 12.4 Å². The lowest BCUT2D eigenvalue weighted by Gasteiger charge is -2.19. The smallest absolute Gasteiger partial charge is 0.261 e. The largest absolute Gasteiger partial charge is 0.391 e. The second-order valence-electron chi connectivity index (χ2n) is 8.50. The fraction of sp³-hybridized carbons (Fsp3) is 0.320. The van der Waals surface area contributed by atoms with E-state index in [2.05, 4.69) is 41.3 Å². The minimum Gasteiger partial charge on any atom is -0.391 e. The van der Waals surface area contributed by atoms with Crippen molar-refractivity contribution in [3.05, 3.63) is 87.7 Å². The summed E-state index contributed by atoms with van der Waals surface area (Å²) in [4.78, 5) is 17.9. The highest BCUT2D eigenvalue weighted by Gasteiger charge is 2.28. The molecule has 0 saturated heterocycles. The van der Waals surface area contributed by atoms with Gasteiger partial charge >= 0.3 is 0 Å². The summed E-state index contributed by atoms with van der Waals surface area (Å²) >= 11 is 0. The summed E-state index contributed by atoms with van der Waals surface area (Å²) in [6.45, 7) is 4.12. The summed E-state index contributed by atoms with van der Waals surface area (Å²) in [5.74, 6) is 0. The first-order chi connectivity index (χ1) is 15.0. The average Bonchev–Trinajstić information content (AvgIpc) is 3.45. The molecule has 1 N–H and O–H groups in total. The maximum atomic E-state index is 13.3. The topological polar surface area (TPSA) is 72.9 Å². The Morgan fingerprint density at radius 1 is 1.13 bits per heavy atom. The molecule has 0 unspecified atom stereocenters. The maximum Gasteiger partial charge on any atom is 0.261 e. The van der Waals surface area contributed by atoms with Crippen molar-refractivity contribution >= 4 is 10.9 Å². The standard InChI is InChI=1S/C25H26N4O2/c1-16-17(2)24-21(25(31)28(15-26-24)22-5-3-6-23(22)30)14-19(16)13-18-7-9-20(10-8-18)29-12-4-11-27-29/h4,7-12,14-15,22-23,30H,3,5-6,13H2,1-2H3/t22-,23-/m1/s1. The Hall–Kier alpha value is -3.25. The van der Waals surface area contributed by atoms with Crippen LogP contribution in [0.1, 0.15) is 47.6 Å². The number of rotatable bonds is 4. The molecule has 6 heteroatoms. The van der Waals surface area contributed by atoms with Crippen LogP contribution in [0.2, 0.25) is 0 Å². The maximum absolute atomic E-state index is 13.3. The molecule has 2 heterocycles. The lowest BCUT2D eigenvalue weighted by molar-refractivity contribution is 0.134. The number of benzene rings is 2. The van der Waals surface area contributed by atoms with Crippen molar-refractivity contribution in [2.24, 2.45) is 0 Å². The van der Waals surface area contributed by atoms with E-state index in [0.717, 1.165) is 53.6 Å². The molecule has 158 valence electrons. The third-order valence-corrected chi connectivity index (χ3v) is 6.65. The number of aliphatic hydroxyl groups excluding tert-OH is 1. The van der Waals surface area contributed by atoms with Crippen LogP contribution in [-0.4, -0.2) is 30.5 Å². The number of hydrogen-bond donors (Lipinski definition) is 1. The van der Waals surface area contributed by atoms with Crippen molar-refractivity contribution in [3.63, 3.8) is 0 Å². The normalized spacial score (nSPS) is 18.7. The van der Waals surface area contributed by atoms with Gasteiger partial charge in [-0.05, 0) is 86.1 Å². The van der Waals surface area contributed by atoms with Gasteiger partial charge in [0.2, 0.25) is 0 Å². The molecule has 2 aromatic heterocycles. The fourth-order valence-electron chi connectivity index (χ4n) is 4.69. The van der Waals surface area contributed by atoms with E-state index in [4.69, 9.17) is 0 Å². The molecule has 4 aromatic rings. The zero-order valence-corrected chi connectivity index (χ0v) is 17.8. The van der Waals surface area contributed by atoms with E-state index in [9.17, 15) is 9.90 Å². The predicted molar refractivity (Wildman–Crippen MR) is 121 cm³/mol. The Morgan fingerprint density at radius 2 is 1.94 bits per heavy atom. The lowest BCUT2D eigenvalue weighted by atomic mass is 9.94. The molecule has 5 rings (SSSR count). The molecule has 1 fully saturated rings. The molecule has 1 saturated carbocycles. The Labute approximate surface area is 180 Å². The van der Waals surface area contributed by atoms with Gasteiger partial charge in [-0.1, -0.05) is 12.1 Å². The molecule has 6 nitrogen and oxygen atoms in total. The van der Waals surface area contributed by atoms with Crippen LogP contribution < -0.4 is 5.56 Å². The highest BCUT2D eigenvalue weighted by molar-refractivity contribution is 5.83. The van der Waals surface area contributed by atoms with Crippen molar-refractivity contribution in [2.75, 3.05) is 0 Å². The SMILES string of the molecule is Cc1c(Cc2ccc(-n3cccn3)cc2)cc2c(=O)n([C@@H]3CCC[C@H]3O)cnc2c1C. The van der Waals surface area contributed by atoms with E-state index in [1.807, 2.05) is 29.9 Å². The molecular weight excluding hydrogens is 388 g/mol. The number of fused-ring (bicyclic) bond motifs is 1. The summed E-state index contributed by atoms with van der Waals surface area (Å²) in [5.41, 5.74) is 6.21. The van der Waals surface area contributed by atoms with Crippen LogP contribution in [0.25, 0.3) is 16.6 Å². The highest BCUT2D eigenvalue weighted by atomic mass is 16.3. The molecule has 0 amide bonds. The number of nitrogens with zero attached hydrogens (tertiary/aromatic N) is 4.